The van der Waals surface area contributed by atoms with Crippen LogP contribution in [0.2, 0.25) is 0 Å². The molecule has 1 saturated heterocycles. The molecule has 0 aromatic heterocycles. The molecular formula is C13H19N3O3. The Kier molecular flexibility index (Phi) is 3.99. The average Bonchev–Trinajstić information content (AvgIpc) is 2.87. The first-order valence-corrected chi connectivity index (χ1v) is 6.17. The van der Waals surface area contributed by atoms with Crippen LogP contribution in [0.3, 0.4) is 0 Å². The highest BCUT2D eigenvalue weighted by molar-refractivity contribution is 5.74. The molecule has 0 bridgehead atoms. The molecule has 104 valence electrons. The Morgan fingerprint density at radius 3 is 2.95 bits per heavy atom. The summed E-state index contributed by atoms with van der Waals surface area (Å²) in [5.41, 5.74) is 7.63. The number of rotatable bonds is 3. The number of ether oxygens (including phenoxy) is 2. The van der Waals surface area contributed by atoms with Crippen LogP contribution in [0, 0.1) is 0 Å². The number of alkyl carbamates (subject to hydrolysis) is 1. The number of nitrogens with one attached hydrogen (secondary N) is 1. The van der Waals surface area contributed by atoms with Crippen molar-refractivity contribution >= 4 is 17.5 Å². The van der Waals surface area contributed by atoms with Crippen molar-refractivity contribution in [3.63, 3.8) is 0 Å². The van der Waals surface area contributed by atoms with Crippen LogP contribution >= 0.6 is 0 Å². The molecule has 1 amide bonds. The number of carbonyl (C=O) groups is 1. The number of carbonyl (C=O) groups excluding carboxylic acids is 1. The lowest BCUT2D eigenvalue weighted by molar-refractivity contribution is 0.167. The zero-order valence-electron chi connectivity index (χ0n) is 11.2. The van der Waals surface area contributed by atoms with E-state index in [1.54, 1.807) is 7.11 Å². The molecule has 1 heterocycles. The van der Waals surface area contributed by atoms with E-state index in [0.29, 0.717) is 18.0 Å². The van der Waals surface area contributed by atoms with Crippen LogP contribution in [0.15, 0.2) is 18.2 Å². The van der Waals surface area contributed by atoms with Gasteiger partial charge >= 0.3 is 6.09 Å². The summed E-state index contributed by atoms with van der Waals surface area (Å²) < 4.78 is 9.81. The molecule has 1 unspecified atom stereocenters. The molecule has 1 aromatic rings. The van der Waals surface area contributed by atoms with Crippen LogP contribution in [0.1, 0.15) is 6.42 Å². The fourth-order valence-corrected chi connectivity index (χ4v) is 2.31. The Labute approximate surface area is 112 Å². The Hall–Kier alpha value is -2.11. The third-order valence-corrected chi connectivity index (χ3v) is 3.30. The van der Waals surface area contributed by atoms with Crippen LogP contribution in [0.25, 0.3) is 0 Å². The maximum absolute atomic E-state index is 11.2. The molecule has 1 atom stereocenters. The Morgan fingerprint density at radius 2 is 2.26 bits per heavy atom. The number of para-hydroxylation sites is 1. The first-order chi connectivity index (χ1) is 9.15. The van der Waals surface area contributed by atoms with Gasteiger partial charge in [-0.1, -0.05) is 6.07 Å². The van der Waals surface area contributed by atoms with Crippen molar-refractivity contribution in [2.45, 2.75) is 12.5 Å². The van der Waals surface area contributed by atoms with Gasteiger partial charge in [0.05, 0.1) is 31.6 Å². The molecule has 1 aliphatic heterocycles. The van der Waals surface area contributed by atoms with Crippen molar-refractivity contribution in [1.29, 1.82) is 0 Å². The molecule has 0 spiro atoms. The Balaban J connectivity index is 2.06. The minimum atomic E-state index is -0.398. The summed E-state index contributed by atoms with van der Waals surface area (Å²) in [6, 6.07) is 5.78. The summed E-state index contributed by atoms with van der Waals surface area (Å²) in [5.74, 6) is 0.668. The van der Waals surface area contributed by atoms with Gasteiger partial charge in [0.2, 0.25) is 0 Å². The van der Waals surface area contributed by atoms with Gasteiger partial charge in [0.1, 0.15) is 5.75 Å². The van der Waals surface area contributed by atoms with E-state index in [2.05, 4.69) is 15.0 Å². The van der Waals surface area contributed by atoms with Crippen molar-refractivity contribution in [3.8, 4) is 5.75 Å². The van der Waals surface area contributed by atoms with E-state index < -0.39 is 6.09 Å². The number of nitrogen functional groups attached to an aromatic ring is 1. The van der Waals surface area contributed by atoms with Crippen molar-refractivity contribution in [2.75, 3.05) is 37.9 Å². The number of benzene rings is 1. The van der Waals surface area contributed by atoms with E-state index in [1.165, 1.54) is 7.11 Å². The number of hydrogen-bond donors (Lipinski definition) is 2. The third kappa shape index (κ3) is 2.83. The highest BCUT2D eigenvalue weighted by Crippen LogP contribution is 2.33. The normalized spacial score (nSPS) is 18.2. The fourth-order valence-electron chi connectivity index (χ4n) is 2.31. The van der Waals surface area contributed by atoms with E-state index in [-0.39, 0.29) is 6.04 Å². The SMILES string of the molecule is COC(=O)NC1CCN(c2cccc(OC)c2N)C1. The van der Waals surface area contributed by atoms with Gasteiger partial charge in [-0.25, -0.2) is 4.79 Å². The Morgan fingerprint density at radius 1 is 1.47 bits per heavy atom. The van der Waals surface area contributed by atoms with E-state index in [9.17, 15) is 4.79 Å². The van der Waals surface area contributed by atoms with Crippen LogP contribution in [-0.2, 0) is 4.74 Å². The van der Waals surface area contributed by atoms with Crippen LogP contribution in [0.5, 0.6) is 5.75 Å². The molecule has 1 aliphatic rings. The first-order valence-electron chi connectivity index (χ1n) is 6.17. The highest BCUT2D eigenvalue weighted by Gasteiger charge is 2.26. The second kappa shape index (κ2) is 5.69. The highest BCUT2D eigenvalue weighted by atomic mass is 16.5. The number of nitrogens with two attached hydrogens (primary N) is 1. The van der Waals surface area contributed by atoms with Gasteiger partial charge in [-0.15, -0.1) is 0 Å². The van der Waals surface area contributed by atoms with Crippen molar-refractivity contribution in [1.82, 2.24) is 5.32 Å². The lowest BCUT2D eigenvalue weighted by Crippen LogP contribution is -2.37. The number of nitrogens with zero attached hydrogens (tertiary/aromatic N) is 1. The molecule has 6 heteroatoms. The van der Waals surface area contributed by atoms with Gasteiger partial charge in [-0.2, -0.15) is 0 Å². The topological polar surface area (TPSA) is 76.8 Å². The maximum Gasteiger partial charge on any atom is 0.407 e. The minimum Gasteiger partial charge on any atom is -0.495 e. The lowest BCUT2D eigenvalue weighted by atomic mass is 10.2. The van der Waals surface area contributed by atoms with Gasteiger partial charge in [-0.3, -0.25) is 0 Å². The molecule has 0 saturated carbocycles. The van der Waals surface area contributed by atoms with Crippen molar-refractivity contribution in [3.05, 3.63) is 18.2 Å². The predicted octanol–water partition coefficient (Wildman–Crippen LogP) is 1.21. The van der Waals surface area contributed by atoms with Gasteiger partial charge in [0.25, 0.3) is 0 Å². The second-order valence-corrected chi connectivity index (χ2v) is 4.46. The molecule has 2 rings (SSSR count). The van der Waals surface area contributed by atoms with E-state index in [0.717, 1.165) is 18.7 Å². The average molecular weight is 265 g/mol. The summed E-state index contributed by atoms with van der Waals surface area (Å²) in [7, 11) is 2.96. The number of amides is 1. The summed E-state index contributed by atoms with van der Waals surface area (Å²) in [6.45, 7) is 1.55. The Bertz CT molecular complexity index is 464. The molecule has 0 aliphatic carbocycles. The minimum absolute atomic E-state index is 0.0815. The van der Waals surface area contributed by atoms with Gasteiger partial charge in [0.15, 0.2) is 0 Å². The van der Waals surface area contributed by atoms with Gasteiger partial charge in [0, 0.05) is 13.1 Å². The van der Waals surface area contributed by atoms with Crippen LogP contribution in [-0.4, -0.2) is 39.4 Å². The van der Waals surface area contributed by atoms with Crippen molar-refractivity contribution < 1.29 is 14.3 Å². The molecule has 1 fully saturated rings. The van der Waals surface area contributed by atoms with E-state index in [1.807, 2.05) is 18.2 Å². The quantitative estimate of drug-likeness (QED) is 0.803. The lowest BCUT2D eigenvalue weighted by Gasteiger charge is -2.21. The zero-order chi connectivity index (χ0) is 13.8. The summed E-state index contributed by atoms with van der Waals surface area (Å²) in [4.78, 5) is 13.3. The molecule has 3 N–H and O–H groups in total. The maximum atomic E-state index is 11.2. The van der Waals surface area contributed by atoms with Gasteiger partial charge in [-0.05, 0) is 18.6 Å². The zero-order valence-corrected chi connectivity index (χ0v) is 11.2. The summed E-state index contributed by atoms with van der Waals surface area (Å²) >= 11 is 0. The fraction of sp³-hybridized carbons (Fsp3) is 0.462. The molecule has 1 aromatic carbocycles. The summed E-state index contributed by atoms with van der Waals surface area (Å²) in [5, 5.41) is 2.80. The molecule has 6 nitrogen and oxygen atoms in total. The largest absolute Gasteiger partial charge is 0.495 e. The van der Waals surface area contributed by atoms with Gasteiger partial charge < -0.3 is 25.4 Å². The number of hydrogen-bond acceptors (Lipinski definition) is 5. The number of methoxy groups -OCH3 is 2. The smallest absolute Gasteiger partial charge is 0.407 e. The number of anilines is 2. The molecule has 0 radical (unpaired) electrons. The molecular weight excluding hydrogens is 246 g/mol. The van der Waals surface area contributed by atoms with Crippen LogP contribution in [0.4, 0.5) is 16.2 Å². The standard InChI is InChI=1S/C13H19N3O3/c1-18-11-5-3-4-10(12(11)14)16-7-6-9(8-16)15-13(17)19-2/h3-5,9H,6-8,14H2,1-2H3,(H,15,17). The molecule has 19 heavy (non-hydrogen) atoms. The van der Waals surface area contributed by atoms with E-state index in [4.69, 9.17) is 10.5 Å². The second-order valence-electron chi connectivity index (χ2n) is 4.46. The monoisotopic (exact) mass is 265 g/mol. The summed E-state index contributed by atoms with van der Waals surface area (Å²) in [6.07, 6.45) is 0.469. The van der Waals surface area contributed by atoms with Crippen LogP contribution < -0.4 is 20.7 Å². The first kappa shape index (κ1) is 13.3. The predicted molar refractivity (Wildman–Crippen MR) is 73.6 cm³/mol. The third-order valence-electron chi connectivity index (χ3n) is 3.30. The van der Waals surface area contributed by atoms with Crippen molar-refractivity contribution in [2.24, 2.45) is 0 Å². The van der Waals surface area contributed by atoms with E-state index >= 15 is 0 Å².